The molecule has 1 N–H and O–H groups in total. The molecule has 0 heterocycles. The van der Waals surface area contributed by atoms with Gasteiger partial charge in [0, 0.05) is 0 Å². The van der Waals surface area contributed by atoms with E-state index in [9.17, 15) is 5.11 Å². The first-order valence-electron chi connectivity index (χ1n) is 9.61. The Kier molecular flexibility index (Phi) is 3.38. The van der Waals surface area contributed by atoms with Crippen LogP contribution < -0.4 is 0 Å². The number of fused-ring (bicyclic) bond motifs is 5. The summed E-state index contributed by atoms with van der Waals surface area (Å²) in [4.78, 5) is 0. The zero-order valence-electron chi connectivity index (χ0n) is 15.4. The standard InChI is InChI=1S/C22H32O/c1-12-8-18(21(23)19(9-12)22(3,4)5)16-7-6-15-14-10-13(2)17(11-14)20(15)16/h8-9,13-17,20,23H,6-7,10-11H2,1-5H3. The number of aromatic hydroxyl groups is 1. The molecule has 126 valence electrons. The number of aryl methyl sites for hydroxylation is 1. The SMILES string of the molecule is Cc1cc(C2CCC3C4CC(C)C(C4)C23)c(O)c(C(C)(C)C)c1. The van der Waals surface area contributed by atoms with E-state index in [0.29, 0.717) is 11.7 Å². The number of phenols is 1. The lowest BCUT2D eigenvalue weighted by Gasteiger charge is -2.34. The van der Waals surface area contributed by atoms with Gasteiger partial charge in [0.2, 0.25) is 0 Å². The molecule has 1 nitrogen and oxygen atoms in total. The van der Waals surface area contributed by atoms with Crippen molar-refractivity contribution in [3.63, 3.8) is 0 Å². The van der Waals surface area contributed by atoms with Gasteiger partial charge in [0.15, 0.2) is 0 Å². The Labute approximate surface area is 141 Å². The van der Waals surface area contributed by atoms with E-state index in [0.717, 1.165) is 35.2 Å². The zero-order chi connectivity index (χ0) is 16.5. The molecule has 0 radical (unpaired) electrons. The largest absolute Gasteiger partial charge is 0.507 e. The number of hydrogen-bond donors (Lipinski definition) is 1. The number of phenolic OH excluding ortho intramolecular Hbond substituents is 1. The van der Waals surface area contributed by atoms with Crippen LogP contribution in [0.5, 0.6) is 5.75 Å². The van der Waals surface area contributed by atoms with Gasteiger partial charge >= 0.3 is 0 Å². The van der Waals surface area contributed by atoms with E-state index in [2.05, 4.69) is 46.8 Å². The summed E-state index contributed by atoms with van der Waals surface area (Å²) in [6, 6.07) is 4.48. The molecule has 3 aliphatic rings. The van der Waals surface area contributed by atoms with E-state index in [-0.39, 0.29) is 5.41 Å². The van der Waals surface area contributed by atoms with Crippen molar-refractivity contribution in [2.45, 2.75) is 71.6 Å². The van der Waals surface area contributed by atoms with Crippen LogP contribution in [0, 0.1) is 36.5 Å². The molecular formula is C22H32O. The summed E-state index contributed by atoms with van der Waals surface area (Å²) < 4.78 is 0. The molecule has 0 amide bonds. The summed E-state index contributed by atoms with van der Waals surface area (Å²) in [6.07, 6.45) is 5.61. The van der Waals surface area contributed by atoms with E-state index < -0.39 is 0 Å². The topological polar surface area (TPSA) is 20.2 Å². The summed E-state index contributed by atoms with van der Waals surface area (Å²) >= 11 is 0. The van der Waals surface area contributed by atoms with Crippen LogP contribution in [-0.2, 0) is 5.41 Å². The Hall–Kier alpha value is -0.980. The van der Waals surface area contributed by atoms with Crippen molar-refractivity contribution in [2.75, 3.05) is 0 Å². The van der Waals surface area contributed by atoms with E-state index in [1.54, 1.807) is 0 Å². The predicted molar refractivity (Wildman–Crippen MR) is 95.9 cm³/mol. The van der Waals surface area contributed by atoms with Crippen LogP contribution >= 0.6 is 0 Å². The minimum absolute atomic E-state index is 0.00479. The fraction of sp³-hybridized carbons (Fsp3) is 0.727. The van der Waals surface area contributed by atoms with E-state index in [1.807, 2.05) is 0 Å². The van der Waals surface area contributed by atoms with Gasteiger partial charge in [-0.1, -0.05) is 45.4 Å². The predicted octanol–water partition coefficient (Wildman–Crippen LogP) is 5.78. The molecule has 0 saturated heterocycles. The average molecular weight is 312 g/mol. The van der Waals surface area contributed by atoms with Gasteiger partial charge in [0.1, 0.15) is 5.75 Å². The van der Waals surface area contributed by atoms with Crippen LogP contribution in [0.15, 0.2) is 12.1 Å². The van der Waals surface area contributed by atoms with Gasteiger partial charge in [-0.25, -0.2) is 0 Å². The third-order valence-electron chi connectivity index (χ3n) is 7.34. The van der Waals surface area contributed by atoms with Crippen LogP contribution in [0.3, 0.4) is 0 Å². The minimum Gasteiger partial charge on any atom is -0.507 e. The molecule has 3 fully saturated rings. The van der Waals surface area contributed by atoms with Crippen LogP contribution in [0.4, 0.5) is 0 Å². The molecule has 4 rings (SSSR count). The zero-order valence-corrected chi connectivity index (χ0v) is 15.4. The molecule has 1 aromatic rings. The highest BCUT2D eigenvalue weighted by Crippen LogP contribution is 2.65. The second-order valence-corrected chi connectivity index (χ2v) is 9.80. The van der Waals surface area contributed by atoms with Gasteiger partial charge in [-0.15, -0.1) is 0 Å². The van der Waals surface area contributed by atoms with Gasteiger partial charge in [-0.2, -0.15) is 0 Å². The molecule has 0 aromatic heterocycles. The third-order valence-corrected chi connectivity index (χ3v) is 7.34. The maximum atomic E-state index is 11.1. The molecule has 1 aromatic carbocycles. The van der Waals surface area contributed by atoms with Gasteiger partial charge in [0.05, 0.1) is 0 Å². The maximum absolute atomic E-state index is 11.1. The van der Waals surface area contributed by atoms with Crippen LogP contribution in [-0.4, -0.2) is 5.11 Å². The lowest BCUT2D eigenvalue weighted by atomic mass is 9.71. The molecule has 0 spiro atoms. The molecular weight excluding hydrogens is 280 g/mol. The summed E-state index contributed by atoms with van der Waals surface area (Å²) in [6.45, 7) is 11.3. The number of rotatable bonds is 1. The van der Waals surface area contributed by atoms with Crippen molar-refractivity contribution in [3.05, 3.63) is 28.8 Å². The van der Waals surface area contributed by atoms with Crippen molar-refractivity contribution >= 4 is 0 Å². The van der Waals surface area contributed by atoms with Crippen molar-refractivity contribution < 1.29 is 5.11 Å². The van der Waals surface area contributed by atoms with E-state index in [4.69, 9.17) is 0 Å². The molecule has 2 bridgehead atoms. The van der Waals surface area contributed by atoms with Gasteiger partial charge in [0.25, 0.3) is 0 Å². The third kappa shape index (κ3) is 2.26. The molecule has 3 aliphatic carbocycles. The summed E-state index contributed by atoms with van der Waals surface area (Å²) in [5.41, 5.74) is 3.71. The normalized spacial score (nSPS) is 39.0. The molecule has 0 aliphatic heterocycles. The van der Waals surface area contributed by atoms with Crippen LogP contribution in [0.25, 0.3) is 0 Å². The van der Waals surface area contributed by atoms with Gasteiger partial charge in [-0.05, 0) is 84.7 Å². The smallest absolute Gasteiger partial charge is 0.122 e. The Bertz CT molecular complexity index is 624. The Morgan fingerprint density at radius 2 is 1.78 bits per heavy atom. The minimum atomic E-state index is 0.00479. The monoisotopic (exact) mass is 312 g/mol. The van der Waals surface area contributed by atoms with Crippen molar-refractivity contribution in [1.29, 1.82) is 0 Å². The Morgan fingerprint density at radius 1 is 1.04 bits per heavy atom. The van der Waals surface area contributed by atoms with Crippen LogP contribution in [0.1, 0.15) is 76.0 Å². The second-order valence-electron chi connectivity index (χ2n) is 9.80. The Morgan fingerprint density at radius 3 is 2.48 bits per heavy atom. The van der Waals surface area contributed by atoms with Gasteiger partial charge < -0.3 is 5.11 Å². The first-order valence-corrected chi connectivity index (χ1v) is 9.61. The fourth-order valence-electron chi connectivity index (χ4n) is 6.46. The highest BCUT2D eigenvalue weighted by Gasteiger charge is 2.56. The van der Waals surface area contributed by atoms with E-state index >= 15 is 0 Å². The first kappa shape index (κ1) is 15.5. The number of hydrogen-bond acceptors (Lipinski definition) is 1. The number of benzene rings is 1. The Balaban J connectivity index is 1.76. The highest BCUT2D eigenvalue weighted by atomic mass is 16.3. The lowest BCUT2D eigenvalue weighted by Crippen LogP contribution is -2.26. The quantitative estimate of drug-likeness (QED) is 0.696. The summed E-state index contributed by atoms with van der Waals surface area (Å²) in [5.74, 6) is 5.77. The van der Waals surface area contributed by atoms with E-state index in [1.165, 1.54) is 36.8 Å². The van der Waals surface area contributed by atoms with Gasteiger partial charge in [-0.3, -0.25) is 0 Å². The average Bonchev–Trinajstić information content (AvgIpc) is 3.10. The van der Waals surface area contributed by atoms with Crippen LogP contribution in [0.2, 0.25) is 0 Å². The molecule has 6 unspecified atom stereocenters. The highest BCUT2D eigenvalue weighted by molar-refractivity contribution is 5.49. The molecule has 3 saturated carbocycles. The van der Waals surface area contributed by atoms with Crippen molar-refractivity contribution in [3.8, 4) is 5.75 Å². The lowest BCUT2D eigenvalue weighted by molar-refractivity contribution is 0.186. The second kappa shape index (κ2) is 5.01. The van der Waals surface area contributed by atoms with Crippen molar-refractivity contribution in [1.82, 2.24) is 0 Å². The fourth-order valence-corrected chi connectivity index (χ4v) is 6.46. The molecule has 23 heavy (non-hydrogen) atoms. The van der Waals surface area contributed by atoms with Crippen molar-refractivity contribution in [2.24, 2.45) is 29.6 Å². The molecule has 6 atom stereocenters. The molecule has 1 heteroatoms. The summed E-state index contributed by atoms with van der Waals surface area (Å²) in [7, 11) is 0. The maximum Gasteiger partial charge on any atom is 0.122 e. The summed E-state index contributed by atoms with van der Waals surface area (Å²) in [5, 5.41) is 11.1. The first-order chi connectivity index (χ1) is 10.8.